The van der Waals surface area contributed by atoms with Crippen LogP contribution < -0.4 is 0 Å². The van der Waals surface area contributed by atoms with Crippen LogP contribution >= 0.6 is 0 Å². The van der Waals surface area contributed by atoms with Crippen LogP contribution in [0.2, 0.25) is 0 Å². The van der Waals surface area contributed by atoms with E-state index >= 15 is 0 Å². The minimum absolute atomic E-state index is 0.0284. The second kappa shape index (κ2) is 14.1. The van der Waals surface area contributed by atoms with Gasteiger partial charge in [0.15, 0.2) is 18.4 Å². The molecule has 56 heavy (non-hydrogen) atoms. The Morgan fingerprint density at radius 3 is 2.07 bits per heavy atom. The number of aliphatic hydroxyl groups is 8. The zero-order valence-corrected chi connectivity index (χ0v) is 34.1. The molecule has 8 fully saturated rings. The lowest BCUT2D eigenvalue weighted by atomic mass is 9.35. The molecule has 0 aromatic rings. The van der Waals surface area contributed by atoms with E-state index in [9.17, 15) is 40.9 Å². The summed E-state index contributed by atoms with van der Waals surface area (Å²) in [7, 11) is 0. The van der Waals surface area contributed by atoms with E-state index in [2.05, 4.69) is 47.6 Å². The molecule has 8 N–H and O–H groups in total. The summed E-state index contributed by atoms with van der Waals surface area (Å²) in [5.74, 6) is 0.123. The van der Waals surface area contributed by atoms with Crippen molar-refractivity contribution in [2.75, 3.05) is 19.8 Å². The summed E-state index contributed by atoms with van der Waals surface area (Å²) in [6.07, 6.45) is -6.46. The Morgan fingerprint density at radius 2 is 1.41 bits per heavy atom. The standard InChI is InChI=1S/C42H68O14/c1-20(2)14-21-15-40(7,50)34-22-8-9-26-38(5)12-11-27(37(3,4)25(38)10-13-39(26,6)41(22)18-42(34,56-21)51-19-41)54-36-32(49)33(29(46)24(17-44)53-36)55-35-31(48)30(47)28(45)23(16-43)52-35/h14,21-36,43-50H,8-13,15-19H2,1-7H3/t21?,22?,23?,24?,25?,26?,27-,28+,29+,30?,31-,32-,33?,34?,35-,36-,38-,39+,40?,41-,42-/m0/s1. The third-order valence-corrected chi connectivity index (χ3v) is 17.0. The van der Waals surface area contributed by atoms with E-state index in [0.29, 0.717) is 31.3 Å². The lowest BCUT2D eigenvalue weighted by molar-refractivity contribution is -0.370. The summed E-state index contributed by atoms with van der Waals surface area (Å²) in [6, 6.07) is 0. The Labute approximate surface area is 330 Å². The van der Waals surface area contributed by atoms with Gasteiger partial charge in [-0.25, -0.2) is 0 Å². The van der Waals surface area contributed by atoms with Gasteiger partial charge in [0.2, 0.25) is 0 Å². The molecule has 4 heterocycles. The molecule has 0 aromatic carbocycles. The highest BCUT2D eigenvalue weighted by Crippen LogP contribution is 2.80. The van der Waals surface area contributed by atoms with Gasteiger partial charge < -0.3 is 69.3 Å². The predicted molar refractivity (Wildman–Crippen MR) is 198 cm³/mol. The zero-order chi connectivity index (χ0) is 40.5. The molecule has 8 rings (SSSR count). The first-order chi connectivity index (χ1) is 26.2. The van der Waals surface area contributed by atoms with Crippen LogP contribution in [-0.4, -0.2) is 146 Å². The molecule has 14 nitrogen and oxygen atoms in total. The van der Waals surface area contributed by atoms with Crippen LogP contribution in [0.25, 0.3) is 0 Å². The number of ether oxygens (including phenoxy) is 6. The molecule has 10 unspecified atom stereocenters. The normalized spacial score (nSPS) is 57.4. The average molecular weight is 797 g/mol. The van der Waals surface area contributed by atoms with Crippen molar-refractivity contribution in [2.45, 2.75) is 185 Å². The molecule has 4 aliphatic heterocycles. The van der Waals surface area contributed by atoms with Crippen LogP contribution in [0.5, 0.6) is 0 Å². The fourth-order valence-electron chi connectivity index (χ4n) is 14.6. The van der Waals surface area contributed by atoms with Crippen molar-refractivity contribution in [1.82, 2.24) is 0 Å². The highest BCUT2D eigenvalue weighted by atomic mass is 16.7. The molecule has 0 aromatic heterocycles. The molecule has 2 bridgehead atoms. The summed E-state index contributed by atoms with van der Waals surface area (Å²) in [4.78, 5) is 0. The Kier molecular flexibility index (Phi) is 10.6. The van der Waals surface area contributed by atoms with Gasteiger partial charge in [0.1, 0.15) is 48.8 Å². The van der Waals surface area contributed by atoms with Gasteiger partial charge in [-0.2, -0.15) is 0 Å². The number of rotatable bonds is 7. The molecule has 4 aliphatic carbocycles. The van der Waals surface area contributed by atoms with Gasteiger partial charge in [0.05, 0.1) is 37.6 Å². The number of aliphatic hydroxyl groups excluding tert-OH is 7. The van der Waals surface area contributed by atoms with Crippen LogP contribution in [-0.2, 0) is 28.4 Å². The van der Waals surface area contributed by atoms with E-state index in [1.165, 1.54) is 5.57 Å². The van der Waals surface area contributed by atoms with Crippen LogP contribution in [0.4, 0.5) is 0 Å². The minimum atomic E-state index is -1.75. The molecule has 0 amide bonds. The Hall–Kier alpha value is -0.820. The van der Waals surface area contributed by atoms with Gasteiger partial charge in [0, 0.05) is 24.2 Å². The molecule has 4 saturated heterocycles. The lowest BCUT2D eigenvalue weighted by Crippen LogP contribution is -2.68. The summed E-state index contributed by atoms with van der Waals surface area (Å²) in [5.41, 5.74) is -0.269. The number of allylic oxidation sites excluding steroid dienone is 1. The van der Waals surface area contributed by atoms with Crippen LogP contribution in [0.15, 0.2) is 11.6 Å². The van der Waals surface area contributed by atoms with Gasteiger partial charge in [-0.3, -0.25) is 0 Å². The van der Waals surface area contributed by atoms with E-state index in [1.807, 2.05) is 6.92 Å². The average Bonchev–Trinajstić information content (AvgIpc) is 3.64. The number of hydrogen-bond acceptors (Lipinski definition) is 14. The van der Waals surface area contributed by atoms with Crippen molar-refractivity contribution in [3.05, 3.63) is 11.6 Å². The summed E-state index contributed by atoms with van der Waals surface area (Å²) in [6.45, 7) is 14.9. The highest BCUT2D eigenvalue weighted by Gasteiger charge is 2.81. The molecule has 14 heteroatoms. The van der Waals surface area contributed by atoms with Gasteiger partial charge in [-0.05, 0) is 93.3 Å². The Bertz CT molecular complexity index is 1500. The second-order valence-corrected chi connectivity index (χ2v) is 20.6. The third-order valence-electron chi connectivity index (χ3n) is 17.0. The van der Waals surface area contributed by atoms with E-state index in [-0.39, 0.29) is 45.7 Å². The van der Waals surface area contributed by atoms with Crippen molar-refractivity contribution in [2.24, 2.45) is 45.3 Å². The van der Waals surface area contributed by atoms with Crippen molar-refractivity contribution >= 4 is 0 Å². The van der Waals surface area contributed by atoms with Gasteiger partial charge in [0.25, 0.3) is 0 Å². The van der Waals surface area contributed by atoms with Crippen LogP contribution in [0.1, 0.15) is 99.8 Å². The SMILES string of the molecule is CC(C)=CC1CC(C)(O)C2C3CCC4[C@@]5(C)CC[C@H](O[C@@H]6OC(CO)[C@@H](O)C(O[C@@H]7OC(CO)[C@@H](O)C(O)[C@@H]7O)[C@@H]6O)C(C)(C)C5CC[C@@]4(C)[C@@]34CO[C@@]2(C4)O1. The first kappa shape index (κ1) is 41.9. The van der Waals surface area contributed by atoms with Gasteiger partial charge in [-0.1, -0.05) is 39.3 Å². The smallest absolute Gasteiger partial charge is 0.187 e. The maximum atomic E-state index is 12.1. The largest absolute Gasteiger partial charge is 0.394 e. The summed E-state index contributed by atoms with van der Waals surface area (Å²) < 4.78 is 37.8. The lowest BCUT2D eigenvalue weighted by Gasteiger charge is -2.70. The van der Waals surface area contributed by atoms with E-state index < -0.39 is 86.0 Å². The molecule has 21 atom stereocenters. The maximum absolute atomic E-state index is 12.1. The predicted octanol–water partition coefficient (Wildman–Crippen LogP) is 1.50. The third kappa shape index (κ3) is 5.94. The van der Waals surface area contributed by atoms with Crippen LogP contribution in [0.3, 0.4) is 0 Å². The molecular formula is C42H68O14. The first-order valence-electron chi connectivity index (χ1n) is 21.1. The summed E-state index contributed by atoms with van der Waals surface area (Å²) >= 11 is 0. The van der Waals surface area contributed by atoms with Crippen molar-refractivity contribution in [3.8, 4) is 0 Å². The molecule has 320 valence electrons. The van der Waals surface area contributed by atoms with Crippen LogP contribution in [0, 0.1) is 45.3 Å². The van der Waals surface area contributed by atoms with Crippen molar-refractivity contribution in [3.63, 3.8) is 0 Å². The monoisotopic (exact) mass is 796 g/mol. The molecule has 0 radical (unpaired) electrons. The fourth-order valence-corrected chi connectivity index (χ4v) is 14.6. The number of hydrogen-bond donors (Lipinski definition) is 8. The Morgan fingerprint density at radius 1 is 0.750 bits per heavy atom. The van der Waals surface area contributed by atoms with E-state index in [1.54, 1.807) is 0 Å². The molecule has 8 aliphatic rings. The quantitative estimate of drug-likeness (QED) is 0.135. The van der Waals surface area contributed by atoms with Crippen molar-refractivity contribution < 1.29 is 69.3 Å². The fraction of sp³-hybridized carbons (Fsp3) is 0.952. The van der Waals surface area contributed by atoms with Gasteiger partial charge in [-0.15, -0.1) is 0 Å². The Balaban J connectivity index is 1.01. The highest BCUT2D eigenvalue weighted by molar-refractivity contribution is 5.26. The molecular weight excluding hydrogens is 728 g/mol. The number of fused-ring (bicyclic) bond motifs is 4. The summed E-state index contributed by atoms with van der Waals surface area (Å²) in [5, 5.41) is 85.9. The molecule has 2 spiro atoms. The zero-order valence-electron chi connectivity index (χ0n) is 34.1. The minimum Gasteiger partial charge on any atom is -0.394 e. The maximum Gasteiger partial charge on any atom is 0.187 e. The van der Waals surface area contributed by atoms with E-state index in [4.69, 9.17) is 28.4 Å². The second-order valence-electron chi connectivity index (χ2n) is 20.6. The first-order valence-corrected chi connectivity index (χ1v) is 21.1. The van der Waals surface area contributed by atoms with E-state index in [0.717, 1.165) is 38.5 Å². The molecule has 4 saturated carbocycles. The topological polar surface area (TPSA) is 217 Å². The van der Waals surface area contributed by atoms with Gasteiger partial charge >= 0.3 is 0 Å². The van der Waals surface area contributed by atoms with Crippen molar-refractivity contribution in [1.29, 1.82) is 0 Å².